The number of aliphatic hydroxyl groups is 2. The van der Waals surface area contributed by atoms with E-state index in [9.17, 15) is 44.8 Å². The van der Waals surface area contributed by atoms with E-state index in [-0.39, 0.29) is 0 Å². The van der Waals surface area contributed by atoms with Crippen LogP contribution >= 0.6 is 0 Å². The number of aliphatic hydroxyl groups excluding tert-OH is 2. The van der Waals surface area contributed by atoms with Crippen LogP contribution in [0.2, 0.25) is 0 Å². The lowest BCUT2D eigenvalue weighted by Gasteiger charge is -2.41. The van der Waals surface area contributed by atoms with Crippen LogP contribution in [0, 0.1) is 20.2 Å². The predicted molar refractivity (Wildman–Crippen MR) is 90.8 cm³/mol. The summed E-state index contributed by atoms with van der Waals surface area (Å²) in [5, 5.41) is 41.1. The van der Waals surface area contributed by atoms with Crippen molar-refractivity contribution in [2.45, 2.75) is 43.5 Å². The van der Waals surface area contributed by atoms with Gasteiger partial charge in [-0.15, -0.1) is 0 Å². The van der Waals surface area contributed by atoms with Crippen LogP contribution in [0.3, 0.4) is 0 Å². The molecule has 1 rings (SSSR count). The van der Waals surface area contributed by atoms with Crippen LogP contribution in [-0.4, -0.2) is 88.4 Å². The molecule has 15 nitrogen and oxygen atoms in total. The molecule has 0 amide bonds. The minimum absolute atomic E-state index is 0.558. The van der Waals surface area contributed by atoms with Crippen molar-refractivity contribution < 1.29 is 53.4 Å². The fourth-order valence-corrected chi connectivity index (χ4v) is 2.31. The molecular weight excluding hydrogens is 416 g/mol. The van der Waals surface area contributed by atoms with Crippen molar-refractivity contribution in [2.24, 2.45) is 0 Å². The maximum atomic E-state index is 11.8. The molecule has 0 spiro atoms. The van der Waals surface area contributed by atoms with E-state index in [4.69, 9.17) is 18.9 Å². The van der Waals surface area contributed by atoms with Crippen molar-refractivity contribution in [2.75, 3.05) is 19.7 Å². The average Bonchev–Trinajstić information content (AvgIpc) is 2.68. The van der Waals surface area contributed by atoms with Crippen LogP contribution in [0.25, 0.3) is 0 Å². The lowest BCUT2D eigenvalue weighted by Crippen LogP contribution is -2.61. The maximum absolute atomic E-state index is 11.8. The largest absolute Gasteiger partial charge is 0.463 e. The summed E-state index contributed by atoms with van der Waals surface area (Å²) in [4.78, 5) is 53.9. The maximum Gasteiger partial charge on any atom is 0.330 e. The average molecular weight is 436 g/mol. The monoisotopic (exact) mass is 436 g/mol. The highest BCUT2D eigenvalue weighted by Gasteiger charge is 2.49. The fourth-order valence-electron chi connectivity index (χ4n) is 2.31. The Hall–Kier alpha value is -3.17. The van der Waals surface area contributed by atoms with Gasteiger partial charge in [0.25, 0.3) is 0 Å². The van der Waals surface area contributed by atoms with E-state index in [1.807, 2.05) is 0 Å². The van der Waals surface area contributed by atoms with Crippen molar-refractivity contribution in [3.05, 3.63) is 32.9 Å². The van der Waals surface area contributed by atoms with Gasteiger partial charge < -0.3 is 29.2 Å². The zero-order valence-corrected chi connectivity index (χ0v) is 15.5. The van der Waals surface area contributed by atoms with E-state index >= 15 is 0 Å². The molecule has 0 radical (unpaired) electrons. The molecule has 0 aromatic carbocycles. The van der Waals surface area contributed by atoms with Gasteiger partial charge in [-0.25, -0.2) is 4.79 Å². The molecule has 1 aliphatic heterocycles. The van der Waals surface area contributed by atoms with Gasteiger partial charge in [0, 0.05) is 15.9 Å². The summed E-state index contributed by atoms with van der Waals surface area (Å²) in [5.74, 6) is -3.17. The number of nitro groups is 2. The molecule has 0 saturated carbocycles. The van der Waals surface area contributed by atoms with E-state index in [0.717, 1.165) is 6.08 Å². The second-order valence-electron chi connectivity index (χ2n) is 5.91. The molecule has 168 valence electrons. The van der Waals surface area contributed by atoms with Gasteiger partial charge in [-0.3, -0.25) is 29.8 Å². The molecule has 0 aliphatic carbocycles. The van der Waals surface area contributed by atoms with E-state index in [1.54, 1.807) is 0 Å². The number of esters is 3. The Morgan fingerprint density at radius 3 is 2.10 bits per heavy atom. The zero-order chi connectivity index (χ0) is 22.8. The van der Waals surface area contributed by atoms with Gasteiger partial charge in [0.2, 0.25) is 13.1 Å². The van der Waals surface area contributed by atoms with E-state index < -0.39 is 91.0 Å². The molecule has 0 bridgehead atoms. The number of nitrogens with zero attached hydrogens (tertiary/aromatic N) is 2. The number of hydrogen-bond acceptors (Lipinski definition) is 13. The number of ether oxygens (including phenoxy) is 4. The second-order valence-corrected chi connectivity index (χ2v) is 5.91. The zero-order valence-electron chi connectivity index (χ0n) is 15.5. The summed E-state index contributed by atoms with van der Waals surface area (Å²) >= 11 is 0. The summed E-state index contributed by atoms with van der Waals surface area (Å²) in [6.07, 6.45) is -9.13. The normalized spacial score (nSPS) is 25.6. The van der Waals surface area contributed by atoms with Gasteiger partial charge in [0.15, 0.2) is 18.5 Å². The first kappa shape index (κ1) is 24.9. The molecule has 1 saturated heterocycles. The standard InChI is InChI=1S/C15H20N2O13/c1-2-9(18)29-14-13(30-11(20)4-6-17(25)26)12(21)8(28-15(14)22)7-27-10(19)3-5-16(23)24/h2,8,12-15,21-22H,1,3-7H2/t8-,12-,13-,14+,15+/m1/s1. The second kappa shape index (κ2) is 11.7. The van der Waals surface area contributed by atoms with Gasteiger partial charge in [0.1, 0.15) is 31.7 Å². The Balaban J connectivity index is 2.85. The van der Waals surface area contributed by atoms with Crippen molar-refractivity contribution >= 4 is 17.9 Å². The van der Waals surface area contributed by atoms with Crippen molar-refractivity contribution in [1.82, 2.24) is 0 Å². The summed E-state index contributed by atoms with van der Waals surface area (Å²) < 4.78 is 19.5. The van der Waals surface area contributed by atoms with Crippen molar-refractivity contribution in [1.29, 1.82) is 0 Å². The third-order valence-electron chi connectivity index (χ3n) is 3.73. The molecule has 0 aromatic heterocycles. The summed E-state index contributed by atoms with van der Waals surface area (Å²) in [6, 6.07) is 0. The van der Waals surface area contributed by atoms with Crippen LogP contribution < -0.4 is 0 Å². The van der Waals surface area contributed by atoms with Crippen LogP contribution in [0.1, 0.15) is 12.8 Å². The van der Waals surface area contributed by atoms with Crippen LogP contribution in [0.5, 0.6) is 0 Å². The van der Waals surface area contributed by atoms with E-state index in [2.05, 4.69) is 6.58 Å². The lowest BCUT2D eigenvalue weighted by atomic mass is 9.98. The quantitative estimate of drug-likeness (QED) is 0.117. The molecule has 0 unspecified atom stereocenters. The first-order valence-electron chi connectivity index (χ1n) is 8.48. The predicted octanol–water partition coefficient (Wildman–Crippen LogP) is -2.05. The van der Waals surface area contributed by atoms with Crippen LogP contribution in [0.4, 0.5) is 0 Å². The Morgan fingerprint density at radius 2 is 1.57 bits per heavy atom. The summed E-state index contributed by atoms with van der Waals surface area (Å²) in [7, 11) is 0. The Morgan fingerprint density at radius 1 is 1.00 bits per heavy atom. The Bertz CT molecular complexity index is 681. The fraction of sp³-hybridized carbons (Fsp3) is 0.667. The lowest BCUT2D eigenvalue weighted by molar-refractivity contribution is -0.479. The number of hydrogen-bond donors (Lipinski definition) is 2. The summed E-state index contributed by atoms with van der Waals surface area (Å²) in [6.45, 7) is 1.01. The highest BCUT2D eigenvalue weighted by atomic mass is 16.7. The van der Waals surface area contributed by atoms with Crippen LogP contribution in [-0.2, 0) is 33.3 Å². The third kappa shape index (κ3) is 8.06. The number of carbonyl (C=O) groups is 3. The van der Waals surface area contributed by atoms with Gasteiger partial charge >= 0.3 is 17.9 Å². The van der Waals surface area contributed by atoms with Crippen molar-refractivity contribution in [3.63, 3.8) is 0 Å². The highest BCUT2D eigenvalue weighted by Crippen LogP contribution is 2.26. The van der Waals surface area contributed by atoms with Gasteiger partial charge in [0.05, 0.1) is 0 Å². The molecular formula is C15H20N2O13. The highest BCUT2D eigenvalue weighted by molar-refractivity contribution is 5.81. The third-order valence-corrected chi connectivity index (χ3v) is 3.73. The molecule has 1 fully saturated rings. The smallest absolute Gasteiger partial charge is 0.330 e. The number of rotatable bonds is 11. The van der Waals surface area contributed by atoms with E-state index in [1.165, 1.54) is 0 Å². The molecule has 0 aromatic rings. The van der Waals surface area contributed by atoms with Crippen molar-refractivity contribution in [3.8, 4) is 0 Å². The van der Waals surface area contributed by atoms with Gasteiger partial charge in [-0.1, -0.05) is 6.58 Å². The molecule has 1 heterocycles. The number of carbonyl (C=O) groups excluding carboxylic acids is 3. The van der Waals surface area contributed by atoms with Gasteiger partial charge in [-0.05, 0) is 0 Å². The van der Waals surface area contributed by atoms with Gasteiger partial charge in [-0.2, -0.15) is 0 Å². The molecule has 30 heavy (non-hydrogen) atoms. The SMILES string of the molecule is C=CC(=O)O[C@H]1[C@H](OC(=O)CC[N+](=O)[O-])[C@H](O)[C@@H](COC(=O)CC[N+](=O)[O-])O[C@@H]1O. The minimum atomic E-state index is -1.94. The Kier molecular flexibility index (Phi) is 9.73. The summed E-state index contributed by atoms with van der Waals surface area (Å²) in [5.41, 5.74) is 0. The minimum Gasteiger partial charge on any atom is -0.463 e. The molecule has 15 heteroatoms. The first-order valence-corrected chi connectivity index (χ1v) is 8.48. The molecule has 1 aliphatic rings. The topological polar surface area (TPSA) is 215 Å². The van der Waals surface area contributed by atoms with E-state index in [0.29, 0.717) is 0 Å². The van der Waals surface area contributed by atoms with Crippen LogP contribution in [0.15, 0.2) is 12.7 Å². The first-order chi connectivity index (χ1) is 14.0. The Labute approximate surface area is 168 Å². The molecule has 2 N–H and O–H groups in total. The molecule has 5 atom stereocenters.